The fourth-order valence-electron chi connectivity index (χ4n) is 1.77. The summed E-state index contributed by atoms with van der Waals surface area (Å²) in [5.74, 6) is -9.21. The van der Waals surface area contributed by atoms with Crippen molar-refractivity contribution in [1.29, 1.82) is 0 Å². The molecule has 0 amide bonds. The van der Waals surface area contributed by atoms with Crippen LogP contribution in [0.2, 0.25) is 8.94 Å². The van der Waals surface area contributed by atoms with Crippen LogP contribution in [0.1, 0.15) is 45.1 Å². The molecule has 0 saturated heterocycles. The fraction of sp³-hybridized carbons (Fsp3) is 0.533. The van der Waals surface area contributed by atoms with E-state index in [2.05, 4.69) is 0 Å². The summed E-state index contributed by atoms with van der Waals surface area (Å²) in [7, 11) is 0. The first kappa shape index (κ1) is 18.6. The van der Waals surface area contributed by atoms with Crippen LogP contribution in [0.5, 0.6) is 0 Å². The Morgan fingerprint density at radius 1 is 0.714 bits per heavy atom. The average Bonchev–Trinajstić information content (AvgIpc) is 2.49. The fourth-order valence-corrected chi connectivity index (χ4v) is 8.33. The zero-order valence-electron chi connectivity index (χ0n) is 12.1. The molecule has 0 aromatic heterocycles. The van der Waals surface area contributed by atoms with Crippen molar-refractivity contribution < 1.29 is 22.0 Å². The molecule has 1 aromatic carbocycles. The zero-order chi connectivity index (χ0) is 16.0. The summed E-state index contributed by atoms with van der Waals surface area (Å²) in [5.41, 5.74) is -0.727. The number of rotatable bonds is 7. The molecule has 120 valence electrons. The van der Waals surface area contributed by atoms with Gasteiger partial charge in [-0.15, -0.1) is 0 Å². The first-order valence-corrected chi connectivity index (χ1v) is 11.6. The van der Waals surface area contributed by atoms with Crippen LogP contribution in [0.25, 0.3) is 0 Å². The van der Waals surface area contributed by atoms with Gasteiger partial charge in [0.2, 0.25) is 0 Å². The molecule has 0 N–H and O–H groups in total. The third-order valence-corrected chi connectivity index (χ3v) is 9.31. The maximum absolute atomic E-state index is 13.7. The predicted molar refractivity (Wildman–Crippen MR) is 76.6 cm³/mol. The van der Waals surface area contributed by atoms with Crippen LogP contribution >= 0.6 is 0 Å². The summed E-state index contributed by atoms with van der Waals surface area (Å²) in [6, 6.07) is 0. The van der Waals surface area contributed by atoms with E-state index in [1.54, 1.807) is 0 Å². The third-order valence-electron chi connectivity index (χ3n) is 3.05. The Bertz CT molecular complexity index is 486. The van der Waals surface area contributed by atoms with E-state index in [-0.39, 0.29) is 0 Å². The molecule has 1 aromatic rings. The maximum atomic E-state index is 13.7. The molecule has 21 heavy (non-hydrogen) atoms. The van der Waals surface area contributed by atoms with Crippen molar-refractivity contribution >= 4 is 23.1 Å². The van der Waals surface area contributed by atoms with E-state index < -0.39 is 53.7 Å². The second-order valence-corrected chi connectivity index (χ2v) is 10.8. The van der Waals surface area contributed by atoms with Crippen LogP contribution in [-0.4, -0.2) is 23.1 Å². The molecule has 0 nitrogen and oxygen atoms in total. The number of hydrogen-bond acceptors (Lipinski definition) is 0. The van der Waals surface area contributed by atoms with E-state index >= 15 is 0 Å². The van der Waals surface area contributed by atoms with Crippen molar-refractivity contribution in [2.24, 2.45) is 0 Å². The summed E-state index contributed by atoms with van der Waals surface area (Å²) in [6.07, 6.45) is 3.75. The van der Waals surface area contributed by atoms with Gasteiger partial charge in [-0.05, 0) is 0 Å². The van der Waals surface area contributed by atoms with Crippen LogP contribution in [0.4, 0.5) is 22.0 Å². The second kappa shape index (κ2) is 8.85. The Morgan fingerprint density at radius 2 is 1.10 bits per heavy atom. The molecule has 0 aliphatic heterocycles. The van der Waals surface area contributed by atoms with Gasteiger partial charge in [0.15, 0.2) is 0 Å². The molecule has 0 aliphatic carbocycles. The van der Waals surface area contributed by atoms with Crippen molar-refractivity contribution in [3.8, 4) is 0 Å². The van der Waals surface area contributed by atoms with E-state index in [1.807, 2.05) is 13.8 Å². The molecule has 6 heteroatoms. The van der Waals surface area contributed by atoms with E-state index in [0.717, 1.165) is 34.6 Å². The van der Waals surface area contributed by atoms with E-state index in [4.69, 9.17) is 0 Å². The molecule has 0 spiro atoms. The minimum absolute atomic E-state index is 0.727. The van der Waals surface area contributed by atoms with Gasteiger partial charge in [0.05, 0.1) is 0 Å². The van der Waals surface area contributed by atoms with Gasteiger partial charge in [-0.2, -0.15) is 0 Å². The molecule has 0 aliphatic rings. The quantitative estimate of drug-likeness (QED) is 0.245. The zero-order valence-corrected chi connectivity index (χ0v) is 14.4. The van der Waals surface area contributed by atoms with Crippen LogP contribution in [0.3, 0.4) is 0 Å². The van der Waals surface area contributed by atoms with Crippen LogP contribution < -0.4 is 0 Å². The Hall–Kier alpha value is -0.470. The molecule has 0 unspecified atom stereocenters. The molecule has 0 heterocycles. The second-order valence-electron chi connectivity index (χ2n) is 4.75. The Morgan fingerprint density at radius 3 is 1.48 bits per heavy atom. The third kappa shape index (κ3) is 4.75. The van der Waals surface area contributed by atoms with Gasteiger partial charge in [-0.3, -0.25) is 0 Å². The van der Waals surface area contributed by atoms with Crippen LogP contribution in [-0.2, 0) is 0 Å². The summed E-state index contributed by atoms with van der Waals surface area (Å²) in [5, 5.41) is 0. The number of benzene rings is 1. The predicted octanol–water partition coefficient (Wildman–Crippen LogP) is 5.21. The molecule has 0 saturated carbocycles. The van der Waals surface area contributed by atoms with Gasteiger partial charge in [0, 0.05) is 0 Å². The molecule has 1 rings (SSSR count). The standard InChI is InChI=1S/C15H19F5Te/c1-3-5-7-21(8-6-4-2)9-10-11(16)13(18)15(20)14(19)12(10)17/h9H,3-8H2,1-2H3. The van der Waals surface area contributed by atoms with Gasteiger partial charge in [0.1, 0.15) is 0 Å². The van der Waals surface area contributed by atoms with Crippen LogP contribution in [0, 0.1) is 29.1 Å². The van der Waals surface area contributed by atoms with Gasteiger partial charge < -0.3 is 0 Å². The first-order chi connectivity index (χ1) is 9.93. The number of halogens is 5. The average molecular weight is 422 g/mol. The minimum atomic E-state index is -2.09. The molecule has 0 bridgehead atoms. The van der Waals surface area contributed by atoms with Crippen molar-refractivity contribution in [2.45, 2.75) is 48.5 Å². The van der Waals surface area contributed by atoms with Gasteiger partial charge in [-0.25, -0.2) is 0 Å². The van der Waals surface area contributed by atoms with Crippen molar-refractivity contribution in [1.82, 2.24) is 0 Å². The molecule has 0 atom stereocenters. The normalized spacial score (nSPS) is 11.2. The molecular formula is C15H19F5Te. The van der Waals surface area contributed by atoms with Gasteiger partial charge in [-0.1, -0.05) is 0 Å². The van der Waals surface area contributed by atoms with Crippen LogP contribution in [0.15, 0.2) is 0 Å². The Balaban J connectivity index is 3.25. The Labute approximate surface area is 128 Å². The number of hydrogen-bond donors (Lipinski definition) is 0. The topological polar surface area (TPSA) is 0 Å². The summed E-state index contributed by atoms with van der Waals surface area (Å²) in [4.78, 5) is 0. The van der Waals surface area contributed by atoms with Crippen molar-refractivity contribution in [3.05, 3.63) is 34.6 Å². The summed E-state index contributed by atoms with van der Waals surface area (Å²) >= 11 is -2.00. The van der Waals surface area contributed by atoms with E-state index in [1.165, 1.54) is 4.05 Å². The monoisotopic (exact) mass is 424 g/mol. The summed E-state index contributed by atoms with van der Waals surface area (Å²) < 4.78 is 69.8. The van der Waals surface area contributed by atoms with Crippen molar-refractivity contribution in [3.63, 3.8) is 0 Å². The molecule has 0 fully saturated rings. The molecular weight excluding hydrogens is 403 g/mol. The van der Waals surface area contributed by atoms with E-state index in [0.29, 0.717) is 0 Å². The van der Waals surface area contributed by atoms with E-state index in [9.17, 15) is 22.0 Å². The molecule has 0 radical (unpaired) electrons. The van der Waals surface area contributed by atoms with Gasteiger partial charge in [0.25, 0.3) is 0 Å². The number of unbranched alkanes of at least 4 members (excludes halogenated alkanes) is 2. The Kier molecular flexibility index (Phi) is 7.83. The van der Waals surface area contributed by atoms with Gasteiger partial charge >= 0.3 is 128 Å². The first-order valence-electron chi connectivity index (χ1n) is 6.96. The van der Waals surface area contributed by atoms with Crippen molar-refractivity contribution in [2.75, 3.05) is 0 Å². The summed E-state index contributed by atoms with van der Waals surface area (Å²) in [6.45, 7) is 4.02. The SMILES string of the molecule is CCCC[Te](=Cc1c(F)c(F)c(F)c(F)c1F)CCCC.